The van der Waals surface area contributed by atoms with Crippen LogP contribution in [0.15, 0.2) is 108 Å². The summed E-state index contributed by atoms with van der Waals surface area (Å²) in [6.07, 6.45) is 4.51. The van der Waals surface area contributed by atoms with E-state index in [0.717, 1.165) is 51.4 Å². The van der Waals surface area contributed by atoms with E-state index in [1.54, 1.807) is 12.1 Å². The van der Waals surface area contributed by atoms with E-state index in [9.17, 15) is 5.11 Å². The molecule has 1 N–H and O–H groups in total. The van der Waals surface area contributed by atoms with Gasteiger partial charge in [0.25, 0.3) is 0 Å². The van der Waals surface area contributed by atoms with Crippen molar-refractivity contribution < 1.29 is 9.52 Å². The van der Waals surface area contributed by atoms with Crippen molar-refractivity contribution in [1.29, 1.82) is 0 Å². The maximum atomic E-state index is 10.9. The maximum absolute atomic E-state index is 10.9. The molecule has 3 aromatic carbocycles. The van der Waals surface area contributed by atoms with Crippen molar-refractivity contribution in [2.45, 2.75) is 34.1 Å². The lowest BCUT2D eigenvalue weighted by atomic mass is 9.98. The van der Waals surface area contributed by atoms with Crippen LogP contribution in [-0.4, -0.2) is 25.0 Å². The third-order valence-corrected chi connectivity index (χ3v) is 7.93. The van der Waals surface area contributed by atoms with Gasteiger partial charge in [-0.3, -0.25) is 9.88 Å². The fraction of sp³-hybridized carbons (Fsp3) is 0.158. The number of hydrogen-bond donors (Lipinski definition) is 1. The molecule has 4 aromatic heterocycles. The number of hydrogen-bond acceptors (Lipinski definition) is 7. The summed E-state index contributed by atoms with van der Waals surface area (Å²) in [5, 5.41) is 11.8. The number of phenolic OH excluding ortho intramolecular Hbond substituents is 1. The number of aryl methyl sites for hydroxylation is 2. The number of aromatic nitrogens is 4. The highest BCUT2D eigenvalue weighted by Crippen LogP contribution is 2.41. The number of para-hydroxylation sites is 2. The normalized spacial score (nSPS) is 11.5. The van der Waals surface area contributed by atoms with Gasteiger partial charge in [0.2, 0.25) is 0 Å². The van der Waals surface area contributed by atoms with Gasteiger partial charge in [0.15, 0.2) is 11.4 Å². The van der Waals surface area contributed by atoms with Gasteiger partial charge in [0, 0.05) is 34.6 Å². The molecule has 7 nitrogen and oxygen atoms in total. The summed E-state index contributed by atoms with van der Waals surface area (Å²) in [5.74, 6) is 1.88. The molecule has 0 aliphatic carbocycles. The Labute approximate surface area is 261 Å². The SMILES string of the molecule is Cc1ccnc(C)c1N(c1cc(CC(C)C)cc(-c2nc(-c3ccccc3O)c3oc4ccccc4c3n2)c1)c1ccccn1. The lowest BCUT2D eigenvalue weighted by Crippen LogP contribution is -2.15. The summed E-state index contributed by atoms with van der Waals surface area (Å²) in [5.41, 5.74) is 9.00. The predicted octanol–water partition coefficient (Wildman–Crippen LogP) is 9.49. The topological polar surface area (TPSA) is 88.2 Å². The summed E-state index contributed by atoms with van der Waals surface area (Å²) in [6, 6.07) is 29.5. The number of furan rings is 1. The van der Waals surface area contributed by atoms with Gasteiger partial charge in [-0.2, -0.15) is 0 Å². The van der Waals surface area contributed by atoms with Crippen molar-refractivity contribution in [3.8, 4) is 28.4 Å². The zero-order chi connectivity index (χ0) is 31.1. The number of benzene rings is 3. The van der Waals surface area contributed by atoms with E-state index in [2.05, 4.69) is 48.9 Å². The van der Waals surface area contributed by atoms with Crippen molar-refractivity contribution in [2.75, 3.05) is 4.90 Å². The second kappa shape index (κ2) is 11.5. The molecule has 0 bridgehead atoms. The Bertz CT molecular complexity index is 2150. The van der Waals surface area contributed by atoms with Crippen LogP contribution >= 0.6 is 0 Å². The Balaban J connectivity index is 1.52. The number of pyridine rings is 2. The Hall–Kier alpha value is -5.56. The summed E-state index contributed by atoms with van der Waals surface area (Å²) in [6.45, 7) is 8.55. The number of phenols is 1. The molecular weight excluding hydrogens is 558 g/mol. The molecule has 0 amide bonds. The molecule has 0 radical (unpaired) electrons. The van der Waals surface area contributed by atoms with Crippen molar-refractivity contribution >= 4 is 39.3 Å². The Morgan fingerprint density at radius 1 is 0.822 bits per heavy atom. The van der Waals surface area contributed by atoms with E-state index in [1.807, 2.05) is 80.0 Å². The number of aromatic hydroxyl groups is 1. The first-order valence-electron chi connectivity index (χ1n) is 15.1. The first kappa shape index (κ1) is 28.2. The molecule has 0 saturated heterocycles. The van der Waals surface area contributed by atoms with Gasteiger partial charge in [-0.15, -0.1) is 0 Å². The largest absolute Gasteiger partial charge is 0.507 e. The van der Waals surface area contributed by atoms with Crippen LogP contribution in [0, 0.1) is 19.8 Å². The fourth-order valence-electron chi connectivity index (χ4n) is 5.98. The second-order valence-corrected chi connectivity index (χ2v) is 11.8. The fourth-order valence-corrected chi connectivity index (χ4v) is 5.98. The molecule has 0 spiro atoms. The number of fused-ring (bicyclic) bond motifs is 3. The highest BCUT2D eigenvalue weighted by Gasteiger charge is 2.23. The molecule has 0 atom stereocenters. The molecule has 0 fully saturated rings. The average molecular weight is 592 g/mol. The molecule has 0 saturated carbocycles. The lowest BCUT2D eigenvalue weighted by Gasteiger charge is -2.28. The van der Waals surface area contributed by atoms with Gasteiger partial charge in [0.05, 0.1) is 11.4 Å². The zero-order valence-electron chi connectivity index (χ0n) is 25.7. The monoisotopic (exact) mass is 591 g/mol. The third kappa shape index (κ3) is 5.27. The van der Waals surface area contributed by atoms with E-state index in [1.165, 1.54) is 0 Å². The molecule has 4 heterocycles. The summed E-state index contributed by atoms with van der Waals surface area (Å²) in [7, 11) is 0. The molecule has 45 heavy (non-hydrogen) atoms. The Morgan fingerprint density at radius 3 is 2.40 bits per heavy atom. The van der Waals surface area contributed by atoms with Crippen LogP contribution in [0.2, 0.25) is 0 Å². The van der Waals surface area contributed by atoms with Crippen molar-refractivity contribution in [3.05, 3.63) is 120 Å². The van der Waals surface area contributed by atoms with Gasteiger partial charge in [0.1, 0.15) is 28.4 Å². The third-order valence-electron chi connectivity index (χ3n) is 7.93. The first-order valence-corrected chi connectivity index (χ1v) is 15.1. The maximum Gasteiger partial charge on any atom is 0.180 e. The average Bonchev–Trinajstić information content (AvgIpc) is 3.41. The second-order valence-electron chi connectivity index (χ2n) is 11.8. The van der Waals surface area contributed by atoms with Crippen molar-refractivity contribution in [3.63, 3.8) is 0 Å². The van der Waals surface area contributed by atoms with Crippen molar-refractivity contribution in [1.82, 2.24) is 19.9 Å². The summed E-state index contributed by atoms with van der Waals surface area (Å²) < 4.78 is 6.30. The molecular formula is C38H33N5O2. The minimum atomic E-state index is 0.127. The summed E-state index contributed by atoms with van der Waals surface area (Å²) >= 11 is 0. The van der Waals surface area contributed by atoms with Crippen LogP contribution in [0.4, 0.5) is 17.2 Å². The van der Waals surface area contributed by atoms with Crippen LogP contribution in [0.1, 0.15) is 30.7 Å². The Morgan fingerprint density at radius 2 is 1.62 bits per heavy atom. The van der Waals surface area contributed by atoms with Gasteiger partial charge in [-0.25, -0.2) is 15.0 Å². The highest BCUT2D eigenvalue weighted by atomic mass is 16.3. The molecule has 0 aliphatic heterocycles. The van der Waals surface area contributed by atoms with Crippen LogP contribution in [0.3, 0.4) is 0 Å². The van der Waals surface area contributed by atoms with E-state index < -0.39 is 0 Å². The zero-order valence-corrected chi connectivity index (χ0v) is 25.7. The predicted molar refractivity (Wildman–Crippen MR) is 180 cm³/mol. The van der Waals surface area contributed by atoms with Crippen LogP contribution < -0.4 is 4.90 Å². The molecule has 7 rings (SSSR count). The smallest absolute Gasteiger partial charge is 0.180 e. The molecule has 0 aliphatic rings. The van der Waals surface area contributed by atoms with E-state index in [-0.39, 0.29) is 5.75 Å². The van der Waals surface area contributed by atoms with Crippen molar-refractivity contribution in [2.24, 2.45) is 5.92 Å². The van der Waals surface area contributed by atoms with E-state index in [0.29, 0.717) is 39.7 Å². The first-order chi connectivity index (χ1) is 21.9. The highest BCUT2D eigenvalue weighted by molar-refractivity contribution is 6.07. The van der Waals surface area contributed by atoms with Gasteiger partial charge in [-0.05, 0) is 98.0 Å². The van der Waals surface area contributed by atoms with Gasteiger partial charge >= 0.3 is 0 Å². The summed E-state index contributed by atoms with van der Waals surface area (Å²) in [4.78, 5) is 21.8. The molecule has 222 valence electrons. The van der Waals surface area contributed by atoms with Crippen LogP contribution in [0.25, 0.3) is 44.7 Å². The van der Waals surface area contributed by atoms with Gasteiger partial charge < -0.3 is 9.52 Å². The van der Waals surface area contributed by atoms with Crippen LogP contribution in [-0.2, 0) is 6.42 Å². The molecule has 7 aromatic rings. The quantitative estimate of drug-likeness (QED) is 0.197. The number of anilines is 3. The Kier molecular flexibility index (Phi) is 7.22. The minimum Gasteiger partial charge on any atom is -0.507 e. The minimum absolute atomic E-state index is 0.127. The van der Waals surface area contributed by atoms with E-state index >= 15 is 0 Å². The van der Waals surface area contributed by atoms with Crippen LogP contribution in [0.5, 0.6) is 5.75 Å². The standard InChI is InChI=1S/C38H33N5O2/c1-23(2)19-26-20-27(22-28(21-26)43(33-15-9-10-17-40-33)36-24(3)16-18-39-25(36)4)38-41-34(29-11-5-7-13-31(29)44)37-35(42-38)30-12-6-8-14-32(30)45-37/h5-18,20-23,44H,19H2,1-4H3. The number of nitrogens with zero attached hydrogens (tertiary/aromatic N) is 5. The molecule has 7 heteroatoms. The molecule has 0 unspecified atom stereocenters. The lowest BCUT2D eigenvalue weighted by molar-refractivity contribution is 0.477. The van der Waals surface area contributed by atoms with Gasteiger partial charge in [-0.1, -0.05) is 44.2 Å². The van der Waals surface area contributed by atoms with E-state index in [4.69, 9.17) is 19.4 Å². The number of rotatable bonds is 7.